The highest BCUT2D eigenvalue weighted by Crippen LogP contribution is 2.13. The van der Waals surface area contributed by atoms with Crippen LogP contribution in [0.15, 0.2) is 35.3 Å². The smallest absolute Gasteiger partial charge is 0.407 e. The number of amides is 1. The van der Waals surface area contributed by atoms with Gasteiger partial charge in [0.15, 0.2) is 0 Å². The molecule has 0 bridgehead atoms. The van der Waals surface area contributed by atoms with Crippen LogP contribution in [0.1, 0.15) is 32.8 Å². The molecule has 1 aromatic rings. The van der Waals surface area contributed by atoms with Crippen LogP contribution < -0.4 is 5.32 Å². The second-order valence-electron chi connectivity index (χ2n) is 5.41. The summed E-state index contributed by atoms with van der Waals surface area (Å²) in [5.41, 5.74) is 1.09. The summed E-state index contributed by atoms with van der Waals surface area (Å²) in [7, 11) is 0. The first kappa shape index (κ1) is 16.7. The molecule has 0 fully saturated rings. The minimum atomic E-state index is -0.480. The Kier molecular flexibility index (Phi) is 6.37. The van der Waals surface area contributed by atoms with Gasteiger partial charge in [-0.2, -0.15) is 4.99 Å². The molecule has 5 heteroatoms. The third kappa shape index (κ3) is 7.70. The van der Waals surface area contributed by atoms with Gasteiger partial charge in [-0.25, -0.2) is 9.59 Å². The summed E-state index contributed by atoms with van der Waals surface area (Å²) in [6.45, 7) is 5.99. The Morgan fingerprint density at radius 1 is 1.33 bits per heavy atom. The highest BCUT2D eigenvalue weighted by molar-refractivity contribution is 5.67. The number of isocyanates is 1. The quantitative estimate of drug-likeness (QED) is 0.511. The van der Waals surface area contributed by atoms with Crippen molar-refractivity contribution < 1.29 is 14.3 Å². The standard InChI is InChI=1S/C16H20N2O3/c1-16(2,3)21-15(20)17-11-5-4-6-13-7-9-14(10-8-13)18-12-19/h4,6-10H,5,11H2,1-3H3,(H,17,20). The summed E-state index contributed by atoms with van der Waals surface area (Å²) in [5.74, 6) is 0. The number of hydrogen-bond donors (Lipinski definition) is 1. The van der Waals surface area contributed by atoms with Gasteiger partial charge in [-0.3, -0.25) is 0 Å². The number of carbonyl (C=O) groups excluding carboxylic acids is 2. The molecular formula is C16H20N2O3. The molecule has 1 N–H and O–H groups in total. The summed E-state index contributed by atoms with van der Waals surface area (Å²) in [6, 6.07) is 7.19. The molecule has 0 atom stereocenters. The topological polar surface area (TPSA) is 67.8 Å². The zero-order valence-corrected chi connectivity index (χ0v) is 12.6. The van der Waals surface area contributed by atoms with Crippen molar-refractivity contribution in [2.75, 3.05) is 6.54 Å². The fraction of sp³-hybridized carbons (Fsp3) is 0.375. The monoisotopic (exact) mass is 288 g/mol. The minimum Gasteiger partial charge on any atom is -0.444 e. The summed E-state index contributed by atoms with van der Waals surface area (Å²) in [5, 5.41) is 2.68. The first-order chi connectivity index (χ1) is 9.90. The van der Waals surface area contributed by atoms with E-state index in [9.17, 15) is 9.59 Å². The number of aliphatic imine (C=N–C) groups is 1. The zero-order chi connectivity index (χ0) is 15.7. The molecule has 0 aromatic heterocycles. The van der Waals surface area contributed by atoms with E-state index in [-0.39, 0.29) is 0 Å². The molecule has 0 heterocycles. The third-order valence-electron chi connectivity index (χ3n) is 2.36. The second-order valence-corrected chi connectivity index (χ2v) is 5.41. The van der Waals surface area contributed by atoms with Gasteiger partial charge in [0.05, 0.1) is 5.69 Å². The Morgan fingerprint density at radius 3 is 2.57 bits per heavy atom. The predicted molar refractivity (Wildman–Crippen MR) is 82.1 cm³/mol. The lowest BCUT2D eigenvalue weighted by Gasteiger charge is -2.19. The molecule has 1 aromatic carbocycles. The molecule has 1 amide bonds. The van der Waals surface area contributed by atoms with Crippen molar-refractivity contribution >= 4 is 23.9 Å². The molecular weight excluding hydrogens is 268 g/mol. The van der Waals surface area contributed by atoms with Gasteiger partial charge in [0, 0.05) is 6.54 Å². The first-order valence-electron chi connectivity index (χ1n) is 6.72. The lowest BCUT2D eigenvalue weighted by Crippen LogP contribution is -2.32. The molecule has 21 heavy (non-hydrogen) atoms. The summed E-state index contributed by atoms with van der Waals surface area (Å²) >= 11 is 0. The molecule has 5 nitrogen and oxygen atoms in total. The summed E-state index contributed by atoms with van der Waals surface area (Å²) in [4.78, 5) is 25.0. The van der Waals surface area contributed by atoms with Crippen molar-refractivity contribution in [3.05, 3.63) is 35.9 Å². The Hall–Kier alpha value is -2.39. The third-order valence-corrected chi connectivity index (χ3v) is 2.36. The largest absolute Gasteiger partial charge is 0.444 e. The average Bonchev–Trinajstić information content (AvgIpc) is 2.38. The van der Waals surface area contributed by atoms with E-state index in [1.165, 1.54) is 6.08 Å². The number of benzene rings is 1. The van der Waals surface area contributed by atoms with E-state index in [1.54, 1.807) is 12.1 Å². The van der Waals surface area contributed by atoms with Gasteiger partial charge in [0.1, 0.15) is 5.60 Å². The van der Waals surface area contributed by atoms with Crippen molar-refractivity contribution in [2.45, 2.75) is 32.8 Å². The van der Waals surface area contributed by atoms with Crippen LogP contribution in [0, 0.1) is 0 Å². The average molecular weight is 288 g/mol. The maximum absolute atomic E-state index is 11.4. The highest BCUT2D eigenvalue weighted by atomic mass is 16.6. The van der Waals surface area contributed by atoms with E-state index in [0.717, 1.165) is 5.56 Å². The molecule has 0 saturated carbocycles. The minimum absolute atomic E-state index is 0.410. The number of carbonyl (C=O) groups is 1. The molecule has 0 spiro atoms. The van der Waals surface area contributed by atoms with E-state index in [4.69, 9.17) is 4.74 Å². The molecule has 0 saturated heterocycles. The van der Waals surface area contributed by atoms with Crippen molar-refractivity contribution in [3.63, 3.8) is 0 Å². The molecule has 112 valence electrons. The van der Waals surface area contributed by atoms with Crippen molar-refractivity contribution in [1.82, 2.24) is 5.32 Å². The molecule has 0 aliphatic carbocycles. The van der Waals surface area contributed by atoms with Crippen LogP contribution in [-0.4, -0.2) is 24.3 Å². The zero-order valence-electron chi connectivity index (χ0n) is 12.6. The Labute approximate surface area is 124 Å². The van der Waals surface area contributed by atoms with E-state index < -0.39 is 11.7 Å². The van der Waals surface area contributed by atoms with Crippen LogP contribution in [0.5, 0.6) is 0 Å². The predicted octanol–water partition coefficient (Wildman–Crippen LogP) is 3.58. The number of ether oxygens (including phenoxy) is 1. The van der Waals surface area contributed by atoms with Gasteiger partial charge in [0.2, 0.25) is 6.08 Å². The fourth-order valence-electron chi connectivity index (χ4n) is 1.50. The maximum atomic E-state index is 11.4. The second kappa shape index (κ2) is 8.02. The van der Waals surface area contributed by atoms with Crippen LogP contribution in [-0.2, 0) is 9.53 Å². The van der Waals surface area contributed by atoms with Crippen molar-refractivity contribution in [1.29, 1.82) is 0 Å². The number of alkyl carbamates (subject to hydrolysis) is 1. The van der Waals surface area contributed by atoms with Gasteiger partial charge in [-0.05, 0) is 44.9 Å². The Bertz CT molecular complexity index is 536. The van der Waals surface area contributed by atoms with Crippen LogP contribution in [0.25, 0.3) is 6.08 Å². The van der Waals surface area contributed by atoms with Gasteiger partial charge in [-0.15, -0.1) is 0 Å². The number of hydrogen-bond acceptors (Lipinski definition) is 4. The number of nitrogens with one attached hydrogen (secondary N) is 1. The maximum Gasteiger partial charge on any atom is 0.407 e. The SMILES string of the molecule is CC(C)(C)OC(=O)NCCC=Cc1ccc(N=C=O)cc1. The molecule has 0 aliphatic rings. The lowest BCUT2D eigenvalue weighted by molar-refractivity contribution is 0.0529. The summed E-state index contributed by atoms with van der Waals surface area (Å²) < 4.78 is 5.12. The summed E-state index contributed by atoms with van der Waals surface area (Å²) in [6.07, 6.45) is 5.68. The highest BCUT2D eigenvalue weighted by Gasteiger charge is 2.14. The van der Waals surface area contributed by atoms with Crippen LogP contribution in [0.4, 0.5) is 10.5 Å². The number of nitrogens with zero attached hydrogens (tertiary/aromatic N) is 1. The van der Waals surface area contributed by atoms with Crippen LogP contribution in [0.3, 0.4) is 0 Å². The van der Waals surface area contributed by atoms with E-state index >= 15 is 0 Å². The molecule has 0 unspecified atom stereocenters. The van der Waals surface area contributed by atoms with E-state index in [2.05, 4.69) is 10.3 Å². The molecule has 1 rings (SSSR count). The Balaban J connectivity index is 2.32. The normalized spacial score (nSPS) is 11.0. The van der Waals surface area contributed by atoms with Gasteiger partial charge < -0.3 is 10.1 Å². The van der Waals surface area contributed by atoms with Gasteiger partial charge in [0.25, 0.3) is 0 Å². The first-order valence-corrected chi connectivity index (χ1v) is 6.72. The molecule has 0 radical (unpaired) electrons. The number of rotatable bonds is 5. The fourth-order valence-corrected chi connectivity index (χ4v) is 1.50. The lowest BCUT2D eigenvalue weighted by atomic mass is 10.2. The van der Waals surface area contributed by atoms with Crippen LogP contribution >= 0.6 is 0 Å². The molecule has 0 aliphatic heterocycles. The van der Waals surface area contributed by atoms with Crippen LogP contribution in [0.2, 0.25) is 0 Å². The van der Waals surface area contributed by atoms with Gasteiger partial charge in [-0.1, -0.05) is 24.3 Å². The van der Waals surface area contributed by atoms with Gasteiger partial charge >= 0.3 is 6.09 Å². The van der Waals surface area contributed by atoms with Crippen molar-refractivity contribution in [3.8, 4) is 0 Å². The Morgan fingerprint density at radius 2 is 2.00 bits per heavy atom. The van der Waals surface area contributed by atoms with E-state index in [0.29, 0.717) is 18.7 Å². The van der Waals surface area contributed by atoms with E-state index in [1.807, 2.05) is 45.1 Å². The van der Waals surface area contributed by atoms with Crippen molar-refractivity contribution in [2.24, 2.45) is 4.99 Å².